The van der Waals surface area contributed by atoms with Crippen LogP contribution in [-0.4, -0.2) is 18.6 Å². The molecule has 1 aliphatic heterocycles. The number of amides is 1. The molecule has 2 rings (SSSR count). The summed E-state index contributed by atoms with van der Waals surface area (Å²) in [4.78, 5) is 11.0. The summed E-state index contributed by atoms with van der Waals surface area (Å²) in [6, 6.07) is 3.42. The van der Waals surface area contributed by atoms with E-state index in [-0.39, 0.29) is 0 Å². The molecule has 3 nitrogen and oxygen atoms in total. The number of hydrogen-bond donors (Lipinski definition) is 1. The third kappa shape index (κ3) is 2.77. The van der Waals surface area contributed by atoms with E-state index in [1.165, 1.54) is 12.1 Å². The molecule has 1 aliphatic rings. The van der Waals surface area contributed by atoms with Gasteiger partial charge >= 0.3 is 12.0 Å². The molecule has 0 unspecified atom stereocenters. The molecule has 1 aromatic rings. The highest BCUT2D eigenvalue weighted by atomic mass is 79.9. The van der Waals surface area contributed by atoms with Crippen LogP contribution in [-0.2, 0) is 4.74 Å². The van der Waals surface area contributed by atoms with Crippen molar-refractivity contribution in [2.75, 3.05) is 6.61 Å². The smallest absolute Gasteiger partial charge is 0.408 e. The second-order valence-electron chi connectivity index (χ2n) is 3.62. The molecular formula is C10H7Br2F2NO2. The fraction of sp³-hybridized carbons (Fsp3) is 0.300. The number of nitrogens with one attached hydrogen (secondary N) is 1. The van der Waals surface area contributed by atoms with Crippen molar-refractivity contribution in [3.05, 3.63) is 32.7 Å². The van der Waals surface area contributed by atoms with Crippen molar-refractivity contribution in [3.63, 3.8) is 0 Å². The quantitative estimate of drug-likeness (QED) is 0.819. The van der Waals surface area contributed by atoms with E-state index in [0.29, 0.717) is 14.5 Å². The zero-order valence-electron chi connectivity index (χ0n) is 8.34. The topological polar surface area (TPSA) is 38.3 Å². The zero-order chi connectivity index (χ0) is 12.6. The lowest BCUT2D eigenvalue weighted by atomic mass is 10.0. The molecule has 1 amide bonds. The van der Waals surface area contributed by atoms with Crippen LogP contribution in [0.4, 0.5) is 13.6 Å². The number of rotatable bonds is 1. The Labute approximate surface area is 113 Å². The third-order valence-electron chi connectivity index (χ3n) is 2.30. The van der Waals surface area contributed by atoms with Crippen molar-refractivity contribution in [2.45, 2.75) is 12.0 Å². The summed E-state index contributed by atoms with van der Waals surface area (Å²) in [6.45, 7) is -0.909. The maximum absolute atomic E-state index is 13.6. The van der Waals surface area contributed by atoms with Crippen LogP contribution in [0, 0.1) is 0 Å². The van der Waals surface area contributed by atoms with Crippen molar-refractivity contribution < 1.29 is 18.3 Å². The van der Waals surface area contributed by atoms with Crippen LogP contribution in [0.1, 0.15) is 11.6 Å². The highest BCUT2D eigenvalue weighted by Gasteiger charge is 2.46. The molecule has 0 bridgehead atoms. The van der Waals surface area contributed by atoms with Gasteiger partial charge in [-0.25, -0.2) is 13.6 Å². The van der Waals surface area contributed by atoms with E-state index in [1.54, 1.807) is 6.07 Å². The normalized spacial score (nSPS) is 22.8. The van der Waals surface area contributed by atoms with E-state index in [9.17, 15) is 13.6 Å². The van der Waals surface area contributed by atoms with Gasteiger partial charge in [0.1, 0.15) is 6.04 Å². The van der Waals surface area contributed by atoms with Gasteiger partial charge in [-0.15, -0.1) is 0 Å². The van der Waals surface area contributed by atoms with Crippen LogP contribution in [0.3, 0.4) is 0 Å². The molecular weight excluding hydrogens is 364 g/mol. The fourth-order valence-electron chi connectivity index (χ4n) is 1.58. The molecule has 1 saturated heterocycles. The van der Waals surface area contributed by atoms with Gasteiger partial charge in [-0.2, -0.15) is 0 Å². The van der Waals surface area contributed by atoms with E-state index >= 15 is 0 Å². The number of benzene rings is 1. The third-order valence-corrected chi connectivity index (χ3v) is 3.21. The van der Waals surface area contributed by atoms with Gasteiger partial charge in [-0.1, -0.05) is 31.9 Å². The first-order chi connectivity index (χ1) is 7.88. The summed E-state index contributed by atoms with van der Waals surface area (Å²) in [7, 11) is 0. The lowest BCUT2D eigenvalue weighted by molar-refractivity contribution is -0.104. The number of cyclic esters (lactones) is 1. The molecule has 0 saturated carbocycles. The molecule has 1 heterocycles. The van der Waals surface area contributed by atoms with E-state index in [4.69, 9.17) is 0 Å². The van der Waals surface area contributed by atoms with Crippen LogP contribution in [0.25, 0.3) is 0 Å². The fourth-order valence-corrected chi connectivity index (χ4v) is 2.91. The summed E-state index contributed by atoms with van der Waals surface area (Å²) >= 11 is 6.43. The highest BCUT2D eigenvalue weighted by molar-refractivity contribution is 9.11. The van der Waals surface area contributed by atoms with Gasteiger partial charge in [0.15, 0.2) is 6.61 Å². The Morgan fingerprint density at radius 2 is 1.88 bits per heavy atom. The van der Waals surface area contributed by atoms with Crippen LogP contribution >= 0.6 is 31.9 Å². The Morgan fingerprint density at radius 3 is 2.47 bits per heavy atom. The molecule has 7 heteroatoms. The number of ether oxygens (including phenoxy) is 1. The van der Waals surface area contributed by atoms with E-state index < -0.39 is 24.7 Å². The van der Waals surface area contributed by atoms with Crippen LogP contribution in [0.15, 0.2) is 27.1 Å². The Bertz CT molecular complexity index is 447. The largest absolute Gasteiger partial charge is 0.443 e. The van der Waals surface area contributed by atoms with Gasteiger partial charge < -0.3 is 10.1 Å². The van der Waals surface area contributed by atoms with Gasteiger partial charge in [0.25, 0.3) is 0 Å². The maximum atomic E-state index is 13.6. The van der Waals surface area contributed by atoms with Gasteiger partial charge in [0, 0.05) is 8.95 Å². The molecule has 92 valence electrons. The van der Waals surface area contributed by atoms with Crippen LogP contribution in [0.2, 0.25) is 0 Å². The number of carbonyl (C=O) groups excluding carboxylic acids is 1. The molecule has 1 N–H and O–H groups in total. The van der Waals surface area contributed by atoms with Crippen molar-refractivity contribution in [3.8, 4) is 0 Å². The molecule has 0 spiro atoms. The van der Waals surface area contributed by atoms with Crippen LogP contribution in [0.5, 0.6) is 0 Å². The highest BCUT2D eigenvalue weighted by Crippen LogP contribution is 2.36. The lowest BCUT2D eigenvalue weighted by Gasteiger charge is -2.32. The summed E-state index contributed by atoms with van der Waals surface area (Å²) in [5, 5.41) is 2.12. The zero-order valence-corrected chi connectivity index (χ0v) is 11.5. The monoisotopic (exact) mass is 369 g/mol. The predicted octanol–water partition coefficient (Wildman–Crippen LogP) is 3.63. The average Bonchev–Trinajstić information content (AvgIpc) is 2.20. The molecule has 0 aromatic heterocycles. The summed E-state index contributed by atoms with van der Waals surface area (Å²) < 4.78 is 32.8. The molecule has 1 fully saturated rings. The molecule has 1 atom stereocenters. The minimum Gasteiger partial charge on any atom is -0.443 e. The Balaban J connectivity index is 2.39. The second-order valence-corrected chi connectivity index (χ2v) is 5.45. The molecule has 1 aromatic carbocycles. The number of alkyl halides is 2. The number of halogens is 4. The minimum absolute atomic E-state index is 0.313. The molecule has 0 radical (unpaired) electrons. The molecule has 0 aliphatic carbocycles. The first kappa shape index (κ1) is 12.8. The SMILES string of the molecule is O=C1N[C@H](c2cc(Br)cc(Br)c2)C(F)(F)CO1. The van der Waals surface area contributed by atoms with Gasteiger partial charge in [-0.05, 0) is 23.8 Å². The Kier molecular flexibility index (Phi) is 3.40. The number of alkyl carbamates (subject to hydrolysis) is 1. The Morgan fingerprint density at radius 1 is 1.29 bits per heavy atom. The first-order valence-electron chi connectivity index (χ1n) is 4.65. The van der Waals surface area contributed by atoms with Crippen molar-refractivity contribution in [1.29, 1.82) is 0 Å². The van der Waals surface area contributed by atoms with Crippen molar-refractivity contribution in [1.82, 2.24) is 5.32 Å². The summed E-state index contributed by atoms with van der Waals surface area (Å²) in [5.41, 5.74) is 0.313. The number of carbonyl (C=O) groups is 1. The van der Waals surface area contributed by atoms with E-state index in [2.05, 4.69) is 41.9 Å². The summed E-state index contributed by atoms with van der Waals surface area (Å²) in [6.07, 6.45) is -0.836. The van der Waals surface area contributed by atoms with E-state index in [1.807, 2.05) is 0 Å². The van der Waals surface area contributed by atoms with Crippen molar-refractivity contribution in [2.24, 2.45) is 0 Å². The minimum atomic E-state index is -3.13. The van der Waals surface area contributed by atoms with Crippen LogP contribution < -0.4 is 5.32 Å². The first-order valence-corrected chi connectivity index (χ1v) is 6.24. The lowest BCUT2D eigenvalue weighted by Crippen LogP contribution is -2.49. The average molecular weight is 371 g/mol. The van der Waals surface area contributed by atoms with Gasteiger partial charge in [0.05, 0.1) is 0 Å². The summed E-state index contributed by atoms with van der Waals surface area (Å²) in [5.74, 6) is -3.13. The Hall–Kier alpha value is -0.690. The van der Waals surface area contributed by atoms with Crippen molar-refractivity contribution >= 4 is 38.0 Å². The predicted molar refractivity (Wildman–Crippen MR) is 64.0 cm³/mol. The standard InChI is InChI=1S/C10H7Br2F2NO2/c11-6-1-5(2-7(12)3-6)8-10(13,14)4-17-9(16)15-8/h1-3,8H,4H2,(H,15,16)/t8-/m1/s1. The van der Waals surface area contributed by atoms with Gasteiger partial charge in [-0.3, -0.25) is 0 Å². The molecule has 17 heavy (non-hydrogen) atoms. The number of hydrogen-bond acceptors (Lipinski definition) is 2. The maximum Gasteiger partial charge on any atom is 0.408 e. The van der Waals surface area contributed by atoms with Gasteiger partial charge in [0.2, 0.25) is 0 Å². The van der Waals surface area contributed by atoms with E-state index in [0.717, 1.165) is 0 Å². The second kappa shape index (κ2) is 4.53.